The quantitative estimate of drug-likeness (QED) is 0.622. The summed E-state index contributed by atoms with van der Waals surface area (Å²) in [5, 5.41) is 15.0. The van der Waals surface area contributed by atoms with Crippen LogP contribution in [0.3, 0.4) is 0 Å². The molecule has 0 bridgehead atoms. The molecule has 2 saturated carbocycles. The average molecular weight is 309 g/mol. The molecule has 0 aromatic carbocycles. The first-order chi connectivity index (χ1) is 10.3. The van der Waals surface area contributed by atoms with E-state index in [1.165, 1.54) is 25.7 Å². The summed E-state index contributed by atoms with van der Waals surface area (Å²) in [4.78, 5) is 0. The third-order valence-electron chi connectivity index (χ3n) is 6.63. The first kappa shape index (κ1) is 18.3. The van der Waals surface area contributed by atoms with Crippen molar-refractivity contribution in [1.82, 2.24) is 5.06 Å². The highest BCUT2D eigenvalue weighted by atomic mass is 16.5. The Morgan fingerprint density at radius 3 is 1.41 bits per heavy atom. The van der Waals surface area contributed by atoms with Crippen molar-refractivity contribution < 1.29 is 0 Å². The van der Waals surface area contributed by atoms with Crippen LogP contribution >= 0.6 is 0 Å². The highest BCUT2D eigenvalue weighted by Gasteiger charge is 2.38. The molecule has 2 fully saturated rings. The van der Waals surface area contributed by atoms with Crippen LogP contribution in [0.5, 0.6) is 0 Å². The summed E-state index contributed by atoms with van der Waals surface area (Å²) in [6, 6.07) is 0.528. The van der Waals surface area contributed by atoms with Gasteiger partial charge in [-0.15, -0.1) is 0 Å². The van der Waals surface area contributed by atoms with Gasteiger partial charge in [-0.1, -0.05) is 54.4 Å². The van der Waals surface area contributed by atoms with Crippen LogP contribution in [0.4, 0.5) is 0 Å². The second-order valence-electron chi connectivity index (χ2n) is 9.15. The molecule has 2 aliphatic carbocycles. The van der Waals surface area contributed by atoms with Crippen LogP contribution < -0.4 is 0 Å². The summed E-state index contributed by atoms with van der Waals surface area (Å²) in [5.41, 5.74) is 0. The van der Waals surface area contributed by atoms with Crippen molar-refractivity contribution in [3.63, 3.8) is 0 Å². The van der Waals surface area contributed by atoms with E-state index in [1.54, 1.807) is 5.06 Å². The maximum Gasteiger partial charge on any atom is 0.000973 e. The molecule has 2 rings (SSSR count). The standard InChI is InChI=1S/C20H38NO/c1-13(2)17-9-7-15(5)11-19(17)21(22)20-12-16(6)8-10-18(20)14(3)4/h13-20H,7-12H2,1-6H3/q-1. The van der Waals surface area contributed by atoms with E-state index in [1.807, 2.05) is 0 Å². The Balaban J connectivity index is 2.16. The van der Waals surface area contributed by atoms with E-state index in [-0.39, 0.29) is 12.1 Å². The SMILES string of the molecule is CC1CCC(C(C)C)C(N([O-])C2CC(C)CCC2C(C)C)C1. The minimum absolute atomic E-state index is 0.264. The summed E-state index contributed by atoms with van der Waals surface area (Å²) in [6.45, 7) is 13.9. The summed E-state index contributed by atoms with van der Waals surface area (Å²) in [6.07, 6.45) is 7.33. The third kappa shape index (κ3) is 4.06. The molecule has 22 heavy (non-hydrogen) atoms. The minimum atomic E-state index is 0.264. The second-order valence-corrected chi connectivity index (χ2v) is 9.15. The summed E-state index contributed by atoms with van der Waals surface area (Å²) >= 11 is 0. The van der Waals surface area contributed by atoms with E-state index < -0.39 is 0 Å². The maximum absolute atomic E-state index is 13.4. The number of hydrogen-bond donors (Lipinski definition) is 0. The largest absolute Gasteiger partial charge is 0.785 e. The molecule has 0 aliphatic heterocycles. The molecule has 0 spiro atoms. The summed E-state index contributed by atoms with van der Waals surface area (Å²) in [5.74, 6) is 3.89. The van der Waals surface area contributed by atoms with Crippen LogP contribution in [0.15, 0.2) is 0 Å². The fourth-order valence-electron chi connectivity index (χ4n) is 5.13. The molecule has 0 amide bonds. The van der Waals surface area contributed by atoms with Crippen molar-refractivity contribution in [2.75, 3.05) is 0 Å². The highest BCUT2D eigenvalue weighted by Crippen LogP contribution is 2.42. The Hall–Kier alpha value is -0.0800. The van der Waals surface area contributed by atoms with Gasteiger partial charge in [0.15, 0.2) is 0 Å². The van der Waals surface area contributed by atoms with Crippen LogP contribution in [0, 0.1) is 40.7 Å². The lowest BCUT2D eigenvalue weighted by Crippen LogP contribution is -2.52. The fourth-order valence-corrected chi connectivity index (χ4v) is 5.13. The molecule has 0 saturated heterocycles. The van der Waals surface area contributed by atoms with E-state index in [9.17, 15) is 5.21 Å². The highest BCUT2D eigenvalue weighted by molar-refractivity contribution is 4.95. The van der Waals surface area contributed by atoms with Gasteiger partial charge < -0.3 is 10.3 Å². The lowest BCUT2D eigenvalue weighted by molar-refractivity contribution is 0.00990. The molecule has 2 heteroatoms. The van der Waals surface area contributed by atoms with Crippen molar-refractivity contribution in [3.8, 4) is 0 Å². The monoisotopic (exact) mass is 308 g/mol. The Bertz CT molecular complexity index is 309. The zero-order valence-corrected chi connectivity index (χ0v) is 15.7. The van der Waals surface area contributed by atoms with E-state index in [0.717, 1.165) is 24.7 Å². The molecule has 6 atom stereocenters. The zero-order chi connectivity index (χ0) is 16.4. The second kappa shape index (κ2) is 7.66. The van der Waals surface area contributed by atoms with Crippen LogP contribution in [0.2, 0.25) is 0 Å². The van der Waals surface area contributed by atoms with Gasteiger partial charge in [-0.05, 0) is 61.2 Å². The van der Waals surface area contributed by atoms with Gasteiger partial charge in [-0.3, -0.25) is 0 Å². The molecule has 0 heterocycles. The first-order valence-corrected chi connectivity index (χ1v) is 9.76. The van der Waals surface area contributed by atoms with Crippen molar-refractivity contribution >= 4 is 0 Å². The van der Waals surface area contributed by atoms with E-state index >= 15 is 0 Å². The molecule has 0 N–H and O–H groups in total. The lowest BCUT2D eigenvalue weighted by atomic mass is 9.70. The smallest absolute Gasteiger partial charge is 0.000973 e. The summed E-state index contributed by atoms with van der Waals surface area (Å²) < 4.78 is 0. The average Bonchev–Trinajstić information content (AvgIpc) is 2.45. The Morgan fingerprint density at radius 1 is 0.727 bits per heavy atom. The minimum Gasteiger partial charge on any atom is -0.785 e. The molecule has 2 nitrogen and oxygen atoms in total. The molecule has 0 radical (unpaired) electrons. The van der Waals surface area contributed by atoms with Gasteiger partial charge >= 0.3 is 0 Å². The topological polar surface area (TPSA) is 26.3 Å². The zero-order valence-electron chi connectivity index (χ0n) is 15.7. The Labute approximate surface area is 138 Å². The van der Waals surface area contributed by atoms with Crippen LogP contribution in [0.25, 0.3) is 0 Å². The molecule has 2 aliphatic rings. The van der Waals surface area contributed by atoms with Gasteiger partial charge in [0.05, 0.1) is 0 Å². The maximum atomic E-state index is 13.4. The number of hydroxylamine groups is 2. The van der Waals surface area contributed by atoms with Crippen molar-refractivity contribution in [2.24, 2.45) is 35.5 Å². The van der Waals surface area contributed by atoms with Crippen LogP contribution in [0.1, 0.15) is 80.1 Å². The van der Waals surface area contributed by atoms with Crippen LogP contribution in [-0.4, -0.2) is 17.1 Å². The Morgan fingerprint density at radius 2 is 1.09 bits per heavy atom. The molecule has 6 unspecified atom stereocenters. The summed E-state index contributed by atoms with van der Waals surface area (Å²) in [7, 11) is 0. The van der Waals surface area contributed by atoms with Crippen molar-refractivity contribution in [1.29, 1.82) is 0 Å². The van der Waals surface area contributed by atoms with Crippen molar-refractivity contribution in [3.05, 3.63) is 5.21 Å². The molecule has 0 aromatic rings. The number of rotatable bonds is 4. The van der Waals surface area contributed by atoms with Gasteiger partial charge in [0, 0.05) is 12.1 Å². The number of nitrogens with zero attached hydrogens (tertiary/aromatic N) is 1. The molecular weight excluding hydrogens is 270 g/mol. The normalized spacial score (nSPS) is 40.6. The lowest BCUT2D eigenvalue weighted by Gasteiger charge is -2.55. The predicted molar refractivity (Wildman–Crippen MR) is 95.5 cm³/mol. The fraction of sp³-hybridized carbons (Fsp3) is 1.00. The first-order valence-electron chi connectivity index (χ1n) is 9.76. The van der Waals surface area contributed by atoms with E-state index in [0.29, 0.717) is 23.7 Å². The van der Waals surface area contributed by atoms with Crippen LogP contribution in [-0.2, 0) is 0 Å². The molecule has 0 aromatic heterocycles. The van der Waals surface area contributed by atoms with Gasteiger partial charge in [0.1, 0.15) is 0 Å². The third-order valence-corrected chi connectivity index (χ3v) is 6.63. The molecule has 130 valence electrons. The van der Waals surface area contributed by atoms with E-state index in [4.69, 9.17) is 0 Å². The Kier molecular flexibility index (Phi) is 6.36. The van der Waals surface area contributed by atoms with Gasteiger partial charge in [-0.25, -0.2) is 0 Å². The van der Waals surface area contributed by atoms with Gasteiger partial charge in [-0.2, -0.15) is 0 Å². The predicted octanol–water partition coefficient (Wildman–Crippen LogP) is 5.71. The van der Waals surface area contributed by atoms with E-state index in [2.05, 4.69) is 41.5 Å². The van der Waals surface area contributed by atoms with Crippen molar-refractivity contribution in [2.45, 2.75) is 92.2 Å². The molecular formula is C20H38NO-. The number of hydrogen-bond acceptors (Lipinski definition) is 2. The van der Waals surface area contributed by atoms with Gasteiger partial charge in [0.2, 0.25) is 0 Å². The van der Waals surface area contributed by atoms with Gasteiger partial charge in [0.25, 0.3) is 0 Å².